The molecule has 0 saturated carbocycles. The van der Waals surface area contributed by atoms with Crippen molar-refractivity contribution in [3.63, 3.8) is 0 Å². The lowest BCUT2D eigenvalue weighted by molar-refractivity contribution is -0.131. The lowest BCUT2D eigenvalue weighted by Crippen LogP contribution is -2.40. The Labute approximate surface area is 86.0 Å². The van der Waals surface area contributed by atoms with Crippen LogP contribution in [-0.2, 0) is 4.79 Å². The van der Waals surface area contributed by atoms with Crippen LogP contribution in [0.5, 0.6) is 0 Å². The highest BCUT2D eigenvalue weighted by Crippen LogP contribution is 2.10. The predicted molar refractivity (Wildman–Crippen MR) is 57.0 cm³/mol. The minimum atomic E-state index is 0.183. The van der Waals surface area contributed by atoms with Gasteiger partial charge in [-0.05, 0) is 26.9 Å². The minimum Gasteiger partial charge on any atom is -0.343 e. The SMILES string of the molecule is CN(C)C(CN)CC(=O)N1CCCC1. The lowest BCUT2D eigenvalue weighted by atomic mass is 10.2. The van der Waals surface area contributed by atoms with E-state index in [2.05, 4.69) is 0 Å². The van der Waals surface area contributed by atoms with Crippen LogP contribution in [0.3, 0.4) is 0 Å². The second-order valence-corrected chi connectivity index (χ2v) is 4.15. The number of rotatable bonds is 4. The van der Waals surface area contributed by atoms with E-state index in [1.807, 2.05) is 23.9 Å². The van der Waals surface area contributed by atoms with Crippen molar-refractivity contribution in [1.29, 1.82) is 0 Å². The summed E-state index contributed by atoms with van der Waals surface area (Å²) in [5.41, 5.74) is 5.61. The molecule has 14 heavy (non-hydrogen) atoms. The van der Waals surface area contributed by atoms with Crippen LogP contribution in [-0.4, -0.2) is 55.5 Å². The molecule has 4 nitrogen and oxygen atoms in total. The normalized spacial score (nSPS) is 19.0. The zero-order valence-electron chi connectivity index (χ0n) is 9.20. The number of likely N-dealkylation sites (N-methyl/N-ethyl adjacent to an activating group) is 1. The van der Waals surface area contributed by atoms with E-state index in [4.69, 9.17) is 5.73 Å². The van der Waals surface area contributed by atoms with E-state index in [-0.39, 0.29) is 11.9 Å². The minimum absolute atomic E-state index is 0.183. The molecule has 0 aromatic rings. The van der Waals surface area contributed by atoms with Crippen LogP contribution in [0.15, 0.2) is 0 Å². The van der Waals surface area contributed by atoms with Gasteiger partial charge in [0.1, 0.15) is 0 Å². The van der Waals surface area contributed by atoms with E-state index in [0.717, 1.165) is 25.9 Å². The Morgan fingerprint density at radius 2 is 2.00 bits per heavy atom. The summed E-state index contributed by atoms with van der Waals surface area (Å²) in [5.74, 6) is 0.256. The molecule has 1 amide bonds. The quantitative estimate of drug-likeness (QED) is 0.687. The average molecular weight is 199 g/mol. The molecule has 0 radical (unpaired) electrons. The Kier molecular flexibility index (Phi) is 4.35. The fourth-order valence-corrected chi connectivity index (χ4v) is 1.77. The number of hydrogen-bond donors (Lipinski definition) is 1. The molecular weight excluding hydrogens is 178 g/mol. The van der Waals surface area contributed by atoms with E-state index < -0.39 is 0 Å². The first kappa shape index (κ1) is 11.5. The molecular formula is C10H21N3O. The Morgan fingerprint density at radius 3 is 2.43 bits per heavy atom. The maximum Gasteiger partial charge on any atom is 0.224 e. The third-order valence-corrected chi connectivity index (χ3v) is 2.87. The summed E-state index contributed by atoms with van der Waals surface area (Å²) >= 11 is 0. The number of hydrogen-bond acceptors (Lipinski definition) is 3. The molecule has 1 aliphatic rings. The van der Waals surface area contributed by atoms with Crippen molar-refractivity contribution in [3.8, 4) is 0 Å². The van der Waals surface area contributed by atoms with Crippen LogP contribution in [0.2, 0.25) is 0 Å². The Hall–Kier alpha value is -0.610. The van der Waals surface area contributed by atoms with Gasteiger partial charge < -0.3 is 15.5 Å². The summed E-state index contributed by atoms with van der Waals surface area (Å²) < 4.78 is 0. The first-order valence-corrected chi connectivity index (χ1v) is 5.29. The van der Waals surface area contributed by atoms with Gasteiger partial charge in [-0.1, -0.05) is 0 Å². The molecule has 0 spiro atoms. The number of likely N-dealkylation sites (tertiary alicyclic amines) is 1. The van der Waals surface area contributed by atoms with Crippen molar-refractivity contribution >= 4 is 5.91 Å². The standard InChI is InChI=1S/C10H21N3O/c1-12(2)9(8-11)7-10(14)13-5-3-4-6-13/h9H,3-8,11H2,1-2H3. The second kappa shape index (κ2) is 5.32. The van der Waals surface area contributed by atoms with Crippen molar-refractivity contribution in [1.82, 2.24) is 9.80 Å². The van der Waals surface area contributed by atoms with Crippen molar-refractivity contribution in [2.75, 3.05) is 33.7 Å². The van der Waals surface area contributed by atoms with Crippen molar-refractivity contribution in [2.45, 2.75) is 25.3 Å². The molecule has 0 bridgehead atoms. The molecule has 1 fully saturated rings. The van der Waals surface area contributed by atoms with E-state index in [0.29, 0.717) is 13.0 Å². The molecule has 2 N–H and O–H groups in total. The first-order chi connectivity index (χ1) is 6.65. The van der Waals surface area contributed by atoms with Crippen LogP contribution in [0, 0.1) is 0 Å². The smallest absolute Gasteiger partial charge is 0.224 e. The highest BCUT2D eigenvalue weighted by Gasteiger charge is 2.21. The summed E-state index contributed by atoms with van der Waals surface area (Å²) in [4.78, 5) is 15.7. The van der Waals surface area contributed by atoms with Gasteiger partial charge in [-0.3, -0.25) is 4.79 Å². The molecule has 4 heteroatoms. The van der Waals surface area contributed by atoms with E-state index >= 15 is 0 Å². The Balaban J connectivity index is 2.37. The summed E-state index contributed by atoms with van der Waals surface area (Å²) in [6.07, 6.45) is 2.87. The third kappa shape index (κ3) is 2.96. The Bertz CT molecular complexity index is 188. The summed E-state index contributed by atoms with van der Waals surface area (Å²) in [6.45, 7) is 2.42. The van der Waals surface area contributed by atoms with Gasteiger partial charge in [0.25, 0.3) is 0 Å². The predicted octanol–water partition coefficient (Wildman–Crippen LogP) is -0.112. The van der Waals surface area contributed by atoms with Gasteiger partial charge in [-0.25, -0.2) is 0 Å². The van der Waals surface area contributed by atoms with E-state index in [1.54, 1.807) is 0 Å². The summed E-state index contributed by atoms with van der Waals surface area (Å²) in [6, 6.07) is 0.183. The van der Waals surface area contributed by atoms with Gasteiger partial charge in [-0.2, -0.15) is 0 Å². The molecule has 1 unspecified atom stereocenters. The van der Waals surface area contributed by atoms with E-state index in [1.165, 1.54) is 0 Å². The molecule has 1 aliphatic heterocycles. The van der Waals surface area contributed by atoms with Gasteiger partial charge in [-0.15, -0.1) is 0 Å². The average Bonchev–Trinajstić information content (AvgIpc) is 2.65. The zero-order chi connectivity index (χ0) is 10.6. The van der Waals surface area contributed by atoms with Gasteiger partial charge >= 0.3 is 0 Å². The van der Waals surface area contributed by atoms with Crippen LogP contribution >= 0.6 is 0 Å². The third-order valence-electron chi connectivity index (χ3n) is 2.87. The summed E-state index contributed by atoms with van der Waals surface area (Å²) in [7, 11) is 3.93. The number of nitrogens with two attached hydrogens (primary N) is 1. The number of amides is 1. The molecule has 0 aromatic carbocycles. The van der Waals surface area contributed by atoms with Gasteiger partial charge in [0.2, 0.25) is 5.91 Å². The summed E-state index contributed by atoms with van der Waals surface area (Å²) in [5, 5.41) is 0. The largest absolute Gasteiger partial charge is 0.343 e. The monoisotopic (exact) mass is 199 g/mol. The highest BCUT2D eigenvalue weighted by molar-refractivity contribution is 5.77. The van der Waals surface area contributed by atoms with Crippen molar-refractivity contribution in [2.24, 2.45) is 5.73 Å². The molecule has 1 rings (SSSR count). The number of nitrogens with zero attached hydrogens (tertiary/aromatic N) is 2. The molecule has 0 aliphatic carbocycles. The number of carbonyl (C=O) groups is 1. The number of carbonyl (C=O) groups excluding carboxylic acids is 1. The maximum atomic E-state index is 11.8. The first-order valence-electron chi connectivity index (χ1n) is 5.29. The fourth-order valence-electron chi connectivity index (χ4n) is 1.77. The lowest BCUT2D eigenvalue weighted by Gasteiger charge is -2.24. The molecule has 82 valence electrons. The van der Waals surface area contributed by atoms with Crippen molar-refractivity contribution < 1.29 is 4.79 Å². The molecule has 0 aromatic heterocycles. The van der Waals surface area contributed by atoms with Gasteiger partial charge in [0, 0.05) is 32.1 Å². The van der Waals surface area contributed by atoms with Crippen molar-refractivity contribution in [3.05, 3.63) is 0 Å². The molecule has 1 saturated heterocycles. The Morgan fingerprint density at radius 1 is 1.43 bits per heavy atom. The highest BCUT2D eigenvalue weighted by atomic mass is 16.2. The topological polar surface area (TPSA) is 49.6 Å². The van der Waals surface area contributed by atoms with Crippen LogP contribution in [0.25, 0.3) is 0 Å². The zero-order valence-corrected chi connectivity index (χ0v) is 9.20. The van der Waals surface area contributed by atoms with Crippen LogP contribution in [0.4, 0.5) is 0 Å². The molecule has 1 heterocycles. The van der Waals surface area contributed by atoms with Gasteiger partial charge in [0.15, 0.2) is 0 Å². The van der Waals surface area contributed by atoms with Crippen LogP contribution in [0.1, 0.15) is 19.3 Å². The van der Waals surface area contributed by atoms with Gasteiger partial charge in [0.05, 0.1) is 0 Å². The molecule has 1 atom stereocenters. The van der Waals surface area contributed by atoms with E-state index in [9.17, 15) is 4.79 Å². The second-order valence-electron chi connectivity index (χ2n) is 4.15. The van der Waals surface area contributed by atoms with Crippen LogP contribution < -0.4 is 5.73 Å². The fraction of sp³-hybridized carbons (Fsp3) is 0.900. The maximum absolute atomic E-state index is 11.8.